The first-order valence-electron chi connectivity index (χ1n) is 4.88. The normalized spacial score (nSPS) is 10.1. The third-order valence-electron chi connectivity index (χ3n) is 2.47. The van der Waals surface area contributed by atoms with Gasteiger partial charge < -0.3 is 0 Å². The average molecular weight is 215 g/mol. The van der Waals surface area contributed by atoms with E-state index in [9.17, 15) is 9.18 Å². The number of pyridine rings is 1. The third kappa shape index (κ3) is 1.72. The smallest absolute Gasteiger partial charge is 0.153 e. The van der Waals surface area contributed by atoms with Crippen molar-refractivity contribution in [1.82, 2.24) is 4.98 Å². The van der Waals surface area contributed by atoms with E-state index in [0.29, 0.717) is 11.8 Å². The zero-order valence-electron chi connectivity index (χ0n) is 8.77. The molecule has 0 saturated carbocycles. The van der Waals surface area contributed by atoms with Crippen molar-refractivity contribution in [2.75, 3.05) is 0 Å². The minimum absolute atomic E-state index is 0.0775. The largest absolute Gasteiger partial charge is 0.298 e. The van der Waals surface area contributed by atoms with Crippen LogP contribution in [0.25, 0.3) is 11.1 Å². The molecule has 3 heteroatoms. The van der Waals surface area contributed by atoms with Crippen LogP contribution in [0.3, 0.4) is 0 Å². The van der Waals surface area contributed by atoms with Crippen molar-refractivity contribution in [3.63, 3.8) is 0 Å². The molecule has 0 fully saturated rings. The number of aryl methyl sites for hydroxylation is 1. The van der Waals surface area contributed by atoms with Gasteiger partial charge in [-0.25, -0.2) is 4.39 Å². The summed E-state index contributed by atoms with van der Waals surface area (Å²) in [4.78, 5) is 14.6. The summed E-state index contributed by atoms with van der Waals surface area (Å²) in [6.07, 6.45) is 3.80. The second kappa shape index (κ2) is 4.23. The molecule has 0 N–H and O–H groups in total. The second-order valence-corrected chi connectivity index (χ2v) is 3.52. The zero-order valence-corrected chi connectivity index (χ0v) is 8.77. The Morgan fingerprint density at radius 3 is 2.75 bits per heavy atom. The fourth-order valence-corrected chi connectivity index (χ4v) is 1.62. The Morgan fingerprint density at radius 1 is 1.25 bits per heavy atom. The van der Waals surface area contributed by atoms with Gasteiger partial charge in [0.05, 0.1) is 5.56 Å². The molecule has 0 aliphatic heterocycles. The van der Waals surface area contributed by atoms with Crippen molar-refractivity contribution in [3.8, 4) is 11.1 Å². The van der Waals surface area contributed by atoms with Gasteiger partial charge in [0, 0.05) is 18.0 Å². The summed E-state index contributed by atoms with van der Waals surface area (Å²) < 4.78 is 13.9. The number of aldehydes is 1. The van der Waals surface area contributed by atoms with Crippen LogP contribution in [0.15, 0.2) is 36.7 Å². The van der Waals surface area contributed by atoms with Crippen LogP contribution in [0.5, 0.6) is 0 Å². The summed E-state index contributed by atoms with van der Waals surface area (Å²) in [5.74, 6) is -0.480. The second-order valence-electron chi connectivity index (χ2n) is 3.52. The fraction of sp³-hybridized carbons (Fsp3) is 0.0769. The number of nitrogens with zero attached hydrogens (tertiary/aromatic N) is 1. The number of rotatable bonds is 2. The quantitative estimate of drug-likeness (QED) is 0.721. The zero-order chi connectivity index (χ0) is 11.5. The van der Waals surface area contributed by atoms with Crippen molar-refractivity contribution in [1.29, 1.82) is 0 Å². The van der Waals surface area contributed by atoms with Gasteiger partial charge in [-0.15, -0.1) is 0 Å². The van der Waals surface area contributed by atoms with Crippen molar-refractivity contribution in [2.24, 2.45) is 0 Å². The standard InChI is InChI=1S/C13H10FNO/c1-9-7-15-6-5-11(9)12-4-2-3-10(8-16)13(12)14/h2-8H,1H3. The van der Waals surface area contributed by atoms with Gasteiger partial charge in [0.2, 0.25) is 0 Å². The Bertz CT molecular complexity index is 537. The molecule has 2 nitrogen and oxygen atoms in total. The van der Waals surface area contributed by atoms with Crippen LogP contribution in [-0.2, 0) is 0 Å². The molecule has 1 heterocycles. The van der Waals surface area contributed by atoms with Crippen LogP contribution in [-0.4, -0.2) is 11.3 Å². The predicted octanol–water partition coefficient (Wildman–Crippen LogP) is 3.01. The van der Waals surface area contributed by atoms with Gasteiger partial charge in [-0.3, -0.25) is 9.78 Å². The van der Waals surface area contributed by atoms with Crippen LogP contribution in [0.4, 0.5) is 4.39 Å². The summed E-state index contributed by atoms with van der Waals surface area (Å²) in [5.41, 5.74) is 2.15. The lowest BCUT2D eigenvalue weighted by Crippen LogP contribution is -1.93. The van der Waals surface area contributed by atoms with Crippen molar-refractivity contribution in [2.45, 2.75) is 6.92 Å². The summed E-state index contributed by atoms with van der Waals surface area (Å²) >= 11 is 0. The highest BCUT2D eigenvalue weighted by Gasteiger charge is 2.10. The molecule has 1 aromatic carbocycles. The molecule has 0 bridgehead atoms. The predicted molar refractivity (Wildman–Crippen MR) is 59.8 cm³/mol. The molecule has 0 saturated heterocycles. The number of carbonyl (C=O) groups is 1. The number of hydrogen-bond acceptors (Lipinski definition) is 2. The summed E-state index contributed by atoms with van der Waals surface area (Å²) in [6.45, 7) is 1.86. The average Bonchev–Trinajstić information content (AvgIpc) is 2.31. The van der Waals surface area contributed by atoms with Crippen LogP contribution in [0, 0.1) is 12.7 Å². The molecule has 16 heavy (non-hydrogen) atoms. The van der Waals surface area contributed by atoms with Crippen LogP contribution >= 0.6 is 0 Å². The molecule has 2 rings (SSSR count). The number of hydrogen-bond donors (Lipinski definition) is 0. The first kappa shape index (κ1) is 10.5. The van der Waals surface area contributed by atoms with Crippen molar-refractivity contribution >= 4 is 6.29 Å². The van der Waals surface area contributed by atoms with Crippen LogP contribution in [0.1, 0.15) is 15.9 Å². The molecular formula is C13H10FNO. The summed E-state index contributed by atoms with van der Waals surface area (Å²) in [6, 6.07) is 6.53. The number of benzene rings is 1. The van der Waals surface area contributed by atoms with Gasteiger partial charge in [0.25, 0.3) is 0 Å². The van der Waals surface area contributed by atoms with E-state index >= 15 is 0 Å². The molecule has 0 aliphatic carbocycles. The molecule has 0 spiro atoms. The van der Waals surface area contributed by atoms with E-state index in [1.54, 1.807) is 30.6 Å². The maximum absolute atomic E-state index is 13.9. The number of carbonyl (C=O) groups excluding carboxylic acids is 1. The van der Waals surface area contributed by atoms with Gasteiger partial charge in [0.15, 0.2) is 6.29 Å². The van der Waals surface area contributed by atoms with Crippen LogP contribution in [0.2, 0.25) is 0 Å². The van der Waals surface area contributed by atoms with E-state index in [1.807, 2.05) is 6.92 Å². The number of aromatic nitrogens is 1. The Labute approximate surface area is 92.8 Å². The van der Waals surface area contributed by atoms with Crippen LogP contribution < -0.4 is 0 Å². The lowest BCUT2D eigenvalue weighted by atomic mass is 10.00. The van der Waals surface area contributed by atoms with Crippen molar-refractivity contribution < 1.29 is 9.18 Å². The first-order valence-corrected chi connectivity index (χ1v) is 4.88. The highest BCUT2D eigenvalue weighted by molar-refractivity contribution is 5.80. The van der Waals surface area contributed by atoms with E-state index in [1.165, 1.54) is 6.07 Å². The Hall–Kier alpha value is -2.03. The lowest BCUT2D eigenvalue weighted by molar-refractivity contribution is 0.112. The SMILES string of the molecule is Cc1cnccc1-c1cccc(C=O)c1F. The van der Waals surface area contributed by atoms with E-state index < -0.39 is 5.82 Å². The summed E-state index contributed by atoms with van der Waals surface area (Å²) in [5, 5.41) is 0. The molecule has 80 valence electrons. The molecule has 0 radical (unpaired) electrons. The summed E-state index contributed by atoms with van der Waals surface area (Å²) in [7, 11) is 0. The maximum Gasteiger partial charge on any atom is 0.153 e. The molecular weight excluding hydrogens is 205 g/mol. The first-order chi connectivity index (χ1) is 7.74. The van der Waals surface area contributed by atoms with Gasteiger partial charge in [-0.05, 0) is 30.2 Å². The van der Waals surface area contributed by atoms with Gasteiger partial charge >= 0.3 is 0 Å². The van der Waals surface area contributed by atoms with Gasteiger partial charge in [-0.1, -0.05) is 12.1 Å². The Morgan fingerprint density at radius 2 is 2.06 bits per heavy atom. The monoisotopic (exact) mass is 215 g/mol. The van der Waals surface area contributed by atoms with Crippen molar-refractivity contribution in [3.05, 3.63) is 53.6 Å². The highest BCUT2D eigenvalue weighted by atomic mass is 19.1. The fourth-order valence-electron chi connectivity index (χ4n) is 1.62. The Balaban J connectivity index is 2.65. The minimum atomic E-state index is -0.480. The van der Waals surface area contributed by atoms with Gasteiger partial charge in [0.1, 0.15) is 5.82 Å². The lowest BCUT2D eigenvalue weighted by Gasteiger charge is -2.07. The maximum atomic E-state index is 13.9. The number of halogens is 1. The van der Waals surface area contributed by atoms with Gasteiger partial charge in [-0.2, -0.15) is 0 Å². The minimum Gasteiger partial charge on any atom is -0.298 e. The molecule has 0 atom stereocenters. The molecule has 2 aromatic rings. The van der Waals surface area contributed by atoms with E-state index in [0.717, 1.165) is 11.1 Å². The topological polar surface area (TPSA) is 30.0 Å². The molecule has 0 amide bonds. The molecule has 0 unspecified atom stereocenters. The van der Waals surface area contributed by atoms with E-state index in [-0.39, 0.29) is 5.56 Å². The Kier molecular flexibility index (Phi) is 2.77. The van der Waals surface area contributed by atoms with E-state index in [2.05, 4.69) is 4.98 Å². The van der Waals surface area contributed by atoms with E-state index in [4.69, 9.17) is 0 Å². The molecule has 1 aromatic heterocycles. The highest BCUT2D eigenvalue weighted by Crippen LogP contribution is 2.26. The third-order valence-corrected chi connectivity index (χ3v) is 2.47. The molecule has 0 aliphatic rings.